The molecule has 0 aliphatic heterocycles. The highest BCUT2D eigenvalue weighted by Crippen LogP contribution is 2.26. The predicted molar refractivity (Wildman–Crippen MR) is 92.6 cm³/mol. The molecule has 0 amide bonds. The van der Waals surface area contributed by atoms with Crippen LogP contribution in [0.5, 0.6) is 0 Å². The van der Waals surface area contributed by atoms with Crippen molar-refractivity contribution < 1.29 is 0 Å². The highest BCUT2D eigenvalue weighted by atomic mass is 35.5. The minimum absolute atomic E-state index is 0.698. The number of anilines is 1. The Kier molecular flexibility index (Phi) is 4.46. The van der Waals surface area contributed by atoms with Crippen LogP contribution in [0, 0.1) is 0 Å². The van der Waals surface area contributed by atoms with Gasteiger partial charge < -0.3 is 0 Å². The van der Waals surface area contributed by atoms with Crippen molar-refractivity contribution in [3.8, 4) is 11.3 Å². The van der Waals surface area contributed by atoms with Crippen molar-refractivity contribution in [2.24, 2.45) is 5.10 Å². The lowest BCUT2D eigenvalue weighted by Gasteiger charge is -2.00. The normalized spacial score (nSPS) is 11.5. The highest BCUT2D eigenvalue weighted by Gasteiger charge is 2.05. The standard InChI is InChI=1S/C16H13ClN4S/c1-11(14-7-2-3-8-18-14)20-21-16-19-15(10-22-16)12-5-4-6-13(17)9-12/h2-10H,1H3,(H,19,21)/b20-11+. The van der Waals surface area contributed by atoms with E-state index in [1.165, 1.54) is 11.3 Å². The van der Waals surface area contributed by atoms with E-state index in [1.807, 2.05) is 54.8 Å². The van der Waals surface area contributed by atoms with Crippen molar-refractivity contribution >= 4 is 33.8 Å². The van der Waals surface area contributed by atoms with E-state index >= 15 is 0 Å². The number of hydrogen-bond donors (Lipinski definition) is 1. The molecule has 0 atom stereocenters. The summed E-state index contributed by atoms with van der Waals surface area (Å²) in [7, 11) is 0. The first kappa shape index (κ1) is 14.7. The van der Waals surface area contributed by atoms with Gasteiger partial charge in [0.25, 0.3) is 0 Å². The van der Waals surface area contributed by atoms with Crippen LogP contribution in [0.15, 0.2) is 59.1 Å². The molecule has 0 unspecified atom stereocenters. The number of hydrogen-bond acceptors (Lipinski definition) is 5. The van der Waals surface area contributed by atoms with Gasteiger partial charge in [-0.3, -0.25) is 10.4 Å². The van der Waals surface area contributed by atoms with Crippen molar-refractivity contribution in [1.82, 2.24) is 9.97 Å². The number of rotatable bonds is 4. The first-order chi connectivity index (χ1) is 10.7. The van der Waals surface area contributed by atoms with Gasteiger partial charge in [-0.05, 0) is 31.2 Å². The molecular formula is C16H13ClN4S. The van der Waals surface area contributed by atoms with E-state index in [0.29, 0.717) is 5.02 Å². The number of aromatic nitrogens is 2. The van der Waals surface area contributed by atoms with Gasteiger partial charge in [-0.1, -0.05) is 29.8 Å². The molecule has 3 rings (SSSR count). The number of pyridine rings is 1. The van der Waals surface area contributed by atoms with E-state index < -0.39 is 0 Å². The molecule has 0 radical (unpaired) electrons. The molecule has 1 N–H and O–H groups in total. The van der Waals surface area contributed by atoms with Crippen LogP contribution in [0.3, 0.4) is 0 Å². The summed E-state index contributed by atoms with van der Waals surface area (Å²) >= 11 is 7.50. The fourth-order valence-corrected chi connectivity index (χ4v) is 2.72. The summed E-state index contributed by atoms with van der Waals surface area (Å²) in [6.07, 6.45) is 1.75. The first-order valence-corrected chi connectivity index (χ1v) is 7.91. The minimum atomic E-state index is 0.698. The third-order valence-corrected chi connectivity index (χ3v) is 3.96. The van der Waals surface area contributed by atoms with Crippen LogP contribution >= 0.6 is 22.9 Å². The lowest BCUT2D eigenvalue weighted by Crippen LogP contribution is -2.01. The van der Waals surface area contributed by atoms with E-state index in [1.54, 1.807) is 6.20 Å². The van der Waals surface area contributed by atoms with Gasteiger partial charge in [-0.25, -0.2) is 4.98 Å². The van der Waals surface area contributed by atoms with Gasteiger partial charge in [0, 0.05) is 22.2 Å². The van der Waals surface area contributed by atoms with Gasteiger partial charge in [0.1, 0.15) is 0 Å². The third-order valence-electron chi connectivity index (χ3n) is 2.98. The Hall–Kier alpha value is -2.24. The highest BCUT2D eigenvalue weighted by molar-refractivity contribution is 7.14. The number of benzene rings is 1. The van der Waals surface area contributed by atoms with Crippen molar-refractivity contribution in [2.75, 3.05) is 5.43 Å². The van der Waals surface area contributed by atoms with Crippen molar-refractivity contribution in [2.45, 2.75) is 6.92 Å². The van der Waals surface area contributed by atoms with Crippen molar-refractivity contribution in [3.05, 3.63) is 64.8 Å². The van der Waals surface area contributed by atoms with Crippen LogP contribution in [0.4, 0.5) is 5.13 Å². The Bertz CT molecular complexity index is 799. The molecule has 0 saturated heterocycles. The fourth-order valence-electron chi connectivity index (χ4n) is 1.87. The zero-order valence-electron chi connectivity index (χ0n) is 11.8. The van der Waals surface area contributed by atoms with E-state index in [2.05, 4.69) is 20.5 Å². The van der Waals surface area contributed by atoms with Gasteiger partial charge in [-0.15, -0.1) is 11.3 Å². The molecule has 2 heterocycles. The average Bonchev–Trinajstić information content (AvgIpc) is 3.02. The lowest BCUT2D eigenvalue weighted by molar-refractivity contribution is 1.23. The Morgan fingerprint density at radius 2 is 2.14 bits per heavy atom. The minimum Gasteiger partial charge on any atom is -0.255 e. The molecule has 2 aromatic heterocycles. The summed E-state index contributed by atoms with van der Waals surface area (Å²) in [5.74, 6) is 0. The molecule has 4 nitrogen and oxygen atoms in total. The Balaban J connectivity index is 1.75. The predicted octanol–water partition coefficient (Wildman–Crippen LogP) is 4.69. The molecule has 0 bridgehead atoms. The molecule has 22 heavy (non-hydrogen) atoms. The van der Waals surface area contributed by atoms with E-state index in [4.69, 9.17) is 11.6 Å². The van der Waals surface area contributed by atoms with Gasteiger partial charge >= 0.3 is 0 Å². The van der Waals surface area contributed by atoms with Crippen LogP contribution in [0.2, 0.25) is 5.02 Å². The number of nitrogens with zero attached hydrogens (tertiary/aromatic N) is 3. The molecule has 3 aromatic rings. The van der Waals surface area contributed by atoms with E-state index in [0.717, 1.165) is 27.8 Å². The second-order valence-electron chi connectivity index (χ2n) is 4.57. The second kappa shape index (κ2) is 6.68. The fraction of sp³-hybridized carbons (Fsp3) is 0.0625. The molecule has 0 spiro atoms. The average molecular weight is 329 g/mol. The van der Waals surface area contributed by atoms with Crippen molar-refractivity contribution in [3.63, 3.8) is 0 Å². The summed E-state index contributed by atoms with van der Waals surface area (Å²) in [6, 6.07) is 13.4. The Morgan fingerprint density at radius 3 is 2.91 bits per heavy atom. The Morgan fingerprint density at radius 1 is 1.23 bits per heavy atom. The molecule has 0 fully saturated rings. The summed E-state index contributed by atoms with van der Waals surface area (Å²) in [5.41, 5.74) is 6.47. The number of thiazole rings is 1. The monoisotopic (exact) mass is 328 g/mol. The Labute approximate surface area is 137 Å². The second-order valence-corrected chi connectivity index (χ2v) is 5.87. The maximum Gasteiger partial charge on any atom is 0.203 e. The van der Waals surface area contributed by atoms with Crippen LogP contribution in [-0.4, -0.2) is 15.7 Å². The van der Waals surface area contributed by atoms with Crippen molar-refractivity contribution in [1.29, 1.82) is 0 Å². The summed E-state index contributed by atoms with van der Waals surface area (Å²) in [5, 5.41) is 7.71. The zero-order chi connectivity index (χ0) is 15.4. The third kappa shape index (κ3) is 3.50. The van der Waals surface area contributed by atoms with Gasteiger partial charge in [0.2, 0.25) is 5.13 Å². The summed E-state index contributed by atoms with van der Waals surface area (Å²) in [4.78, 5) is 8.76. The number of nitrogens with one attached hydrogen (secondary N) is 1. The molecule has 110 valence electrons. The molecule has 0 aliphatic carbocycles. The quantitative estimate of drug-likeness (QED) is 0.558. The molecule has 0 aliphatic rings. The lowest BCUT2D eigenvalue weighted by atomic mass is 10.2. The maximum absolute atomic E-state index is 6.00. The topological polar surface area (TPSA) is 50.2 Å². The van der Waals surface area contributed by atoms with E-state index in [-0.39, 0.29) is 0 Å². The summed E-state index contributed by atoms with van der Waals surface area (Å²) < 4.78 is 0. The van der Waals surface area contributed by atoms with Crippen LogP contribution < -0.4 is 5.43 Å². The van der Waals surface area contributed by atoms with Crippen LogP contribution in [0.25, 0.3) is 11.3 Å². The molecule has 1 aromatic carbocycles. The van der Waals surface area contributed by atoms with Gasteiger partial charge in [0.05, 0.1) is 17.1 Å². The molecule has 6 heteroatoms. The maximum atomic E-state index is 6.00. The zero-order valence-corrected chi connectivity index (χ0v) is 13.4. The van der Waals surface area contributed by atoms with Crippen LogP contribution in [0.1, 0.15) is 12.6 Å². The number of hydrazone groups is 1. The van der Waals surface area contributed by atoms with Crippen LogP contribution in [-0.2, 0) is 0 Å². The summed E-state index contributed by atoms with van der Waals surface area (Å²) in [6.45, 7) is 1.90. The van der Waals surface area contributed by atoms with Gasteiger partial charge in [0.15, 0.2) is 0 Å². The SMILES string of the molecule is C/C(=N\Nc1nc(-c2cccc(Cl)c2)cs1)c1ccccn1. The number of halogens is 1. The van der Waals surface area contributed by atoms with Gasteiger partial charge in [-0.2, -0.15) is 5.10 Å². The molecular weight excluding hydrogens is 316 g/mol. The first-order valence-electron chi connectivity index (χ1n) is 6.65. The molecule has 0 saturated carbocycles. The smallest absolute Gasteiger partial charge is 0.203 e. The largest absolute Gasteiger partial charge is 0.255 e. The van der Waals surface area contributed by atoms with E-state index in [9.17, 15) is 0 Å².